The SMILES string of the molecule is CN(C)[C@H](CNC(=O)[C@@H](c1ccccc1F)N1CCOCC1)c1ccco1. The number of rotatable bonds is 7. The molecule has 0 bridgehead atoms. The van der Waals surface area contributed by atoms with Gasteiger partial charge in [-0.15, -0.1) is 0 Å². The molecule has 0 radical (unpaired) electrons. The Kier molecular flexibility index (Phi) is 6.60. The summed E-state index contributed by atoms with van der Waals surface area (Å²) in [5.41, 5.74) is 0.385. The minimum Gasteiger partial charge on any atom is -0.468 e. The first-order chi connectivity index (χ1) is 13.1. The first kappa shape index (κ1) is 19.5. The summed E-state index contributed by atoms with van der Waals surface area (Å²) >= 11 is 0. The number of hydrogen-bond acceptors (Lipinski definition) is 5. The lowest BCUT2D eigenvalue weighted by atomic mass is 10.0. The maximum absolute atomic E-state index is 14.4. The molecule has 146 valence electrons. The van der Waals surface area contributed by atoms with Gasteiger partial charge in [0.15, 0.2) is 0 Å². The Bertz CT molecular complexity index is 730. The van der Waals surface area contributed by atoms with Crippen LogP contribution < -0.4 is 5.32 Å². The average molecular weight is 375 g/mol. The highest BCUT2D eigenvalue weighted by molar-refractivity contribution is 5.83. The van der Waals surface area contributed by atoms with E-state index in [1.54, 1.807) is 24.5 Å². The van der Waals surface area contributed by atoms with Crippen LogP contribution in [0, 0.1) is 5.82 Å². The average Bonchev–Trinajstić information content (AvgIpc) is 3.19. The molecule has 0 saturated carbocycles. The van der Waals surface area contributed by atoms with Gasteiger partial charge in [0.2, 0.25) is 5.91 Å². The molecule has 1 aromatic heterocycles. The summed E-state index contributed by atoms with van der Waals surface area (Å²) in [6.45, 7) is 2.61. The molecule has 0 unspecified atom stereocenters. The molecule has 2 aromatic rings. The van der Waals surface area contributed by atoms with Crippen LogP contribution in [0.25, 0.3) is 0 Å². The van der Waals surface area contributed by atoms with E-state index >= 15 is 0 Å². The minimum absolute atomic E-state index is 0.102. The summed E-state index contributed by atoms with van der Waals surface area (Å²) in [5.74, 6) is 0.175. The van der Waals surface area contributed by atoms with Crippen molar-refractivity contribution in [3.63, 3.8) is 0 Å². The Hall–Kier alpha value is -2.22. The Labute approximate surface area is 158 Å². The summed E-state index contributed by atoms with van der Waals surface area (Å²) in [7, 11) is 3.85. The van der Waals surface area contributed by atoms with Crippen molar-refractivity contribution in [3.8, 4) is 0 Å². The number of amides is 1. The molecule has 3 rings (SSSR count). The monoisotopic (exact) mass is 375 g/mol. The third-order valence-corrected chi connectivity index (χ3v) is 4.82. The summed E-state index contributed by atoms with van der Waals surface area (Å²) in [6, 6.07) is 9.37. The van der Waals surface area contributed by atoms with Crippen molar-refractivity contribution in [2.24, 2.45) is 0 Å². The Morgan fingerprint density at radius 3 is 2.59 bits per heavy atom. The summed E-state index contributed by atoms with van der Waals surface area (Å²) < 4.78 is 25.3. The van der Waals surface area contributed by atoms with E-state index in [0.717, 1.165) is 5.76 Å². The number of ether oxygens (including phenoxy) is 1. The van der Waals surface area contributed by atoms with Crippen LogP contribution >= 0.6 is 0 Å². The second-order valence-corrected chi connectivity index (χ2v) is 6.81. The van der Waals surface area contributed by atoms with Crippen molar-refractivity contribution in [2.75, 3.05) is 46.9 Å². The quantitative estimate of drug-likeness (QED) is 0.804. The van der Waals surface area contributed by atoms with Gasteiger partial charge in [0.25, 0.3) is 0 Å². The van der Waals surface area contributed by atoms with Gasteiger partial charge in [-0.2, -0.15) is 0 Å². The molecule has 0 aliphatic carbocycles. The molecule has 1 aliphatic rings. The molecule has 1 fully saturated rings. The predicted octanol–water partition coefficient (Wildman–Crippen LogP) is 2.21. The van der Waals surface area contributed by atoms with E-state index < -0.39 is 6.04 Å². The van der Waals surface area contributed by atoms with E-state index in [9.17, 15) is 9.18 Å². The maximum atomic E-state index is 14.4. The van der Waals surface area contributed by atoms with E-state index in [4.69, 9.17) is 9.15 Å². The molecule has 7 heteroatoms. The standard InChI is InChI=1S/C20H26FN3O3/c1-23(2)17(18-8-5-11-27-18)14-22-20(25)19(24-9-12-26-13-10-24)15-6-3-4-7-16(15)21/h3-8,11,17,19H,9-10,12-14H2,1-2H3,(H,22,25)/t17-,19-/m1/s1. The number of likely N-dealkylation sites (N-methyl/N-ethyl adjacent to an activating group) is 1. The van der Waals surface area contributed by atoms with E-state index in [0.29, 0.717) is 38.4 Å². The van der Waals surface area contributed by atoms with Crippen LogP contribution in [0.15, 0.2) is 47.1 Å². The van der Waals surface area contributed by atoms with Crippen LogP contribution in [0.4, 0.5) is 4.39 Å². The first-order valence-electron chi connectivity index (χ1n) is 9.11. The molecule has 2 heterocycles. The number of halogens is 1. The van der Waals surface area contributed by atoms with Gasteiger partial charge >= 0.3 is 0 Å². The number of nitrogens with zero attached hydrogens (tertiary/aromatic N) is 2. The number of carbonyl (C=O) groups is 1. The van der Waals surface area contributed by atoms with E-state index in [1.807, 2.05) is 36.0 Å². The molecule has 6 nitrogen and oxygen atoms in total. The van der Waals surface area contributed by atoms with Crippen LogP contribution in [0.1, 0.15) is 23.4 Å². The molecule has 1 saturated heterocycles. The second-order valence-electron chi connectivity index (χ2n) is 6.81. The zero-order valence-electron chi connectivity index (χ0n) is 15.7. The van der Waals surface area contributed by atoms with Crippen molar-refractivity contribution >= 4 is 5.91 Å². The lowest BCUT2D eigenvalue weighted by Crippen LogP contribution is -2.47. The molecule has 1 amide bonds. The number of hydrogen-bond donors (Lipinski definition) is 1. The van der Waals surface area contributed by atoms with E-state index in [1.165, 1.54) is 6.07 Å². The fourth-order valence-electron chi connectivity index (χ4n) is 3.35. The third-order valence-electron chi connectivity index (χ3n) is 4.82. The largest absolute Gasteiger partial charge is 0.468 e. The third kappa shape index (κ3) is 4.74. The minimum atomic E-state index is -0.686. The fraction of sp³-hybridized carbons (Fsp3) is 0.450. The summed E-state index contributed by atoms with van der Waals surface area (Å²) in [6.07, 6.45) is 1.61. The summed E-state index contributed by atoms with van der Waals surface area (Å²) in [5, 5.41) is 2.99. The first-order valence-corrected chi connectivity index (χ1v) is 9.11. The predicted molar refractivity (Wildman–Crippen MR) is 99.7 cm³/mol. The molecule has 1 aliphatic heterocycles. The smallest absolute Gasteiger partial charge is 0.242 e. The van der Waals surface area contributed by atoms with Crippen molar-refractivity contribution in [2.45, 2.75) is 12.1 Å². The van der Waals surface area contributed by atoms with Crippen LogP contribution in [0.5, 0.6) is 0 Å². The van der Waals surface area contributed by atoms with Crippen molar-refractivity contribution < 1.29 is 18.3 Å². The number of carbonyl (C=O) groups excluding carboxylic acids is 1. The highest BCUT2D eigenvalue weighted by atomic mass is 19.1. The topological polar surface area (TPSA) is 58.0 Å². The van der Waals surface area contributed by atoms with Gasteiger partial charge in [-0.25, -0.2) is 4.39 Å². The normalized spacial score (nSPS) is 17.6. The van der Waals surface area contributed by atoms with E-state index in [-0.39, 0.29) is 17.8 Å². The highest BCUT2D eigenvalue weighted by Crippen LogP contribution is 2.25. The number of benzene rings is 1. The van der Waals surface area contributed by atoms with Gasteiger partial charge in [-0.3, -0.25) is 14.6 Å². The van der Waals surface area contributed by atoms with Gasteiger partial charge in [-0.05, 0) is 32.3 Å². The molecule has 27 heavy (non-hydrogen) atoms. The molecular weight excluding hydrogens is 349 g/mol. The number of nitrogens with one attached hydrogen (secondary N) is 1. The Balaban J connectivity index is 1.77. The van der Waals surface area contributed by atoms with Crippen LogP contribution in [0.2, 0.25) is 0 Å². The van der Waals surface area contributed by atoms with Crippen molar-refractivity contribution in [3.05, 3.63) is 59.8 Å². The van der Waals surface area contributed by atoms with Crippen molar-refractivity contribution in [1.29, 1.82) is 0 Å². The molecule has 1 aromatic carbocycles. The van der Waals surface area contributed by atoms with E-state index in [2.05, 4.69) is 5.32 Å². The number of furan rings is 1. The maximum Gasteiger partial charge on any atom is 0.242 e. The second kappa shape index (κ2) is 9.12. The van der Waals surface area contributed by atoms with Crippen LogP contribution in [-0.4, -0.2) is 62.7 Å². The zero-order valence-corrected chi connectivity index (χ0v) is 15.7. The van der Waals surface area contributed by atoms with Crippen LogP contribution in [0.3, 0.4) is 0 Å². The Morgan fingerprint density at radius 2 is 1.96 bits per heavy atom. The summed E-state index contributed by atoms with van der Waals surface area (Å²) in [4.78, 5) is 17.0. The van der Waals surface area contributed by atoms with Gasteiger partial charge in [-0.1, -0.05) is 18.2 Å². The lowest BCUT2D eigenvalue weighted by molar-refractivity contribution is -0.128. The van der Waals surface area contributed by atoms with Crippen LogP contribution in [-0.2, 0) is 9.53 Å². The van der Waals surface area contributed by atoms with Crippen molar-refractivity contribution in [1.82, 2.24) is 15.1 Å². The fourth-order valence-corrected chi connectivity index (χ4v) is 3.35. The van der Waals surface area contributed by atoms with Gasteiger partial charge in [0, 0.05) is 25.2 Å². The zero-order chi connectivity index (χ0) is 19.2. The molecular formula is C20H26FN3O3. The molecule has 0 spiro atoms. The number of morpholine rings is 1. The van der Waals surface area contributed by atoms with Gasteiger partial charge in [0.05, 0.1) is 25.5 Å². The Morgan fingerprint density at radius 1 is 1.22 bits per heavy atom. The molecule has 1 N–H and O–H groups in total. The lowest BCUT2D eigenvalue weighted by Gasteiger charge is -2.34. The molecule has 2 atom stereocenters. The highest BCUT2D eigenvalue weighted by Gasteiger charge is 2.31. The van der Waals surface area contributed by atoms with Gasteiger partial charge in [0.1, 0.15) is 17.6 Å². The van der Waals surface area contributed by atoms with Gasteiger partial charge < -0.3 is 14.5 Å².